The number of hydrogen-bond acceptors (Lipinski definition) is 3. The van der Waals surface area contributed by atoms with Crippen molar-refractivity contribution in [1.29, 1.82) is 0 Å². The van der Waals surface area contributed by atoms with E-state index in [0.29, 0.717) is 19.5 Å². The van der Waals surface area contributed by atoms with Crippen molar-refractivity contribution in [3.8, 4) is 0 Å². The molecule has 0 aromatic carbocycles. The summed E-state index contributed by atoms with van der Waals surface area (Å²) in [6.07, 6.45) is 4.12. The van der Waals surface area contributed by atoms with Crippen molar-refractivity contribution in [3.63, 3.8) is 0 Å². The predicted molar refractivity (Wildman–Crippen MR) is 61.3 cm³/mol. The van der Waals surface area contributed by atoms with Crippen LogP contribution in [0.25, 0.3) is 0 Å². The van der Waals surface area contributed by atoms with Crippen LogP contribution in [0.1, 0.15) is 26.1 Å². The number of hydrogen-bond donors (Lipinski definition) is 2. The number of nitrogens with one attached hydrogen (secondary N) is 1. The number of aryl methyl sites for hydroxylation is 2. The Bertz CT molecular complexity index is 362. The van der Waals surface area contributed by atoms with Crippen molar-refractivity contribution in [1.82, 2.24) is 14.9 Å². The van der Waals surface area contributed by atoms with Crippen molar-refractivity contribution >= 4 is 5.97 Å². The molecule has 0 radical (unpaired) electrons. The van der Waals surface area contributed by atoms with E-state index in [2.05, 4.69) is 10.3 Å². The fourth-order valence-corrected chi connectivity index (χ4v) is 1.65. The van der Waals surface area contributed by atoms with Crippen LogP contribution < -0.4 is 5.32 Å². The van der Waals surface area contributed by atoms with E-state index in [1.54, 1.807) is 13.1 Å². The van der Waals surface area contributed by atoms with Gasteiger partial charge in [0.15, 0.2) is 0 Å². The van der Waals surface area contributed by atoms with Gasteiger partial charge in [-0.1, -0.05) is 6.92 Å². The van der Waals surface area contributed by atoms with E-state index < -0.39 is 11.5 Å². The first-order valence-corrected chi connectivity index (χ1v) is 5.46. The molecular formula is C11H19N3O2. The van der Waals surface area contributed by atoms with Crippen LogP contribution in [-0.4, -0.2) is 32.7 Å². The zero-order chi connectivity index (χ0) is 12.2. The number of aromatic nitrogens is 2. The molecule has 0 aliphatic heterocycles. The van der Waals surface area contributed by atoms with E-state index in [4.69, 9.17) is 0 Å². The van der Waals surface area contributed by atoms with Crippen LogP contribution in [0.2, 0.25) is 0 Å². The lowest BCUT2D eigenvalue weighted by Gasteiger charge is -2.26. The maximum atomic E-state index is 11.2. The van der Waals surface area contributed by atoms with Crippen molar-refractivity contribution in [3.05, 3.63) is 18.2 Å². The third kappa shape index (κ3) is 2.82. The molecule has 1 unspecified atom stereocenters. The number of carbonyl (C=O) groups is 1. The normalized spacial score (nSPS) is 14.7. The van der Waals surface area contributed by atoms with E-state index in [0.717, 1.165) is 5.82 Å². The Morgan fingerprint density at radius 2 is 2.38 bits per heavy atom. The molecule has 0 saturated heterocycles. The average Bonchev–Trinajstić information content (AvgIpc) is 2.61. The molecule has 1 aromatic rings. The lowest BCUT2D eigenvalue weighted by atomic mass is 9.98. The third-order valence-corrected chi connectivity index (χ3v) is 2.82. The fourth-order valence-electron chi connectivity index (χ4n) is 1.65. The highest BCUT2D eigenvalue weighted by Crippen LogP contribution is 2.12. The summed E-state index contributed by atoms with van der Waals surface area (Å²) in [5, 5.41) is 12.2. The molecule has 5 heteroatoms. The summed E-state index contributed by atoms with van der Waals surface area (Å²) in [6, 6.07) is 0. The first-order chi connectivity index (χ1) is 7.49. The van der Waals surface area contributed by atoms with Gasteiger partial charge in [0.1, 0.15) is 11.4 Å². The molecule has 2 N–H and O–H groups in total. The minimum Gasteiger partial charge on any atom is -0.480 e. The Morgan fingerprint density at radius 1 is 1.69 bits per heavy atom. The summed E-state index contributed by atoms with van der Waals surface area (Å²) >= 11 is 0. The monoisotopic (exact) mass is 225 g/mol. The summed E-state index contributed by atoms with van der Waals surface area (Å²) < 4.78 is 1.96. The number of imidazole rings is 1. The molecule has 90 valence electrons. The van der Waals surface area contributed by atoms with Crippen LogP contribution in [0.5, 0.6) is 0 Å². The molecular weight excluding hydrogens is 206 g/mol. The summed E-state index contributed by atoms with van der Waals surface area (Å²) in [4.78, 5) is 15.3. The molecule has 0 amide bonds. The summed E-state index contributed by atoms with van der Waals surface area (Å²) in [7, 11) is 0. The maximum Gasteiger partial charge on any atom is 0.323 e. The molecule has 0 aliphatic carbocycles. The number of likely N-dealkylation sites (N-methyl/N-ethyl adjacent to an activating group) is 1. The Morgan fingerprint density at radius 3 is 2.81 bits per heavy atom. The second-order valence-electron chi connectivity index (χ2n) is 4.09. The minimum atomic E-state index is -0.870. The standard InChI is InChI=1S/C11H19N3O2/c1-4-13-11(3,10(15)16)5-7-14-8-6-12-9(14)2/h6,8,13H,4-5,7H2,1-3H3,(H,15,16). The lowest BCUT2D eigenvalue weighted by Crippen LogP contribution is -2.50. The molecule has 1 aromatic heterocycles. The van der Waals surface area contributed by atoms with E-state index in [1.165, 1.54) is 0 Å². The van der Waals surface area contributed by atoms with Gasteiger partial charge in [0.25, 0.3) is 0 Å². The first-order valence-electron chi connectivity index (χ1n) is 5.46. The molecule has 0 saturated carbocycles. The summed E-state index contributed by atoms with van der Waals surface area (Å²) in [5.41, 5.74) is -0.870. The van der Waals surface area contributed by atoms with E-state index in [9.17, 15) is 9.90 Å². The topological polar surface area (TPSA) is 67.2 Å². The minimum absolute atomic E-state index is 0.535. The van der Waals surface area contributed by atoms with Crippen LogP contribution in [0.4, 0.5) is 0 Å². The fraction of sp³-hybridized carbons (Fsp3) is 0.636. The van der Waals surface area contributed by atoms with Crippen LogP contribution in [-0.2, 0) is 11.3 Å². The highest BCUT2D eigenvalue weighted by molar-refractivity contribution is 5.78. The molecule has 1 atom stereocenters. The van der Waals surface area contributed by atoms with Crippen molar-refractivity contribution in [2.75, 3.05) is 6.54 Å². The zero-order valence-electron chi connectivity index (χ0n) is 10.0. The van der Waals surface area contributed by atoms with E-state index in [1.807, 2.05) is 24.6 Å². The Kier molecular flexibility index (Phi) is 4.06. The van der Waals surface area contributed by atoms with Crippen LogP contribution >= 0.6 is 0 Å². The highest BCUT2D eigenvalue weighted by Gasteiger charge is 2.31. The second kappa shape index (κ2) is 5.12. The predicted octanol–water partition coefficient (Wildman–Crippen LogP) is 1.03. The van der Waals surface area contributed by atoms with Gasteiger partial charge in [-0.2, -0.15) is 0 Å². The first kappa shape index (κ1) is 12.7. The average molecular weight is 225 g/mol. The van der Waals surface area contributed by atoms with Crippen molar-refractivity contribution in [2.24, 2.45) is 0 Å². The number of nitrogens with zero attached hydrogens (tertiary/aromatic N) is 2. The number of aliphatic carboxylic acids is 1. The van der Waals surface area contributed by atoms with Gasteiger partial charge in [0, 0.05) is 18.9 Å². The maximum absolute atomic E-state index is 11.2. The second-order valence-corrected chi connectivity index (χ2v) is 4.09. The molecule has 0 spiro atoms. The number of carboxylic acid groups (broad SMARTS) is 1. The third-order valence-electron chi connectivity index (χ3n) is 2.82. The Labute approximate surface area is 95.5 Å². The van der Waals surface area contributed by atoms with Crippen LogP contribution in [0, 0.1) is 6.92 Å². The van der Waals surface area contributed by atoms with Gasteiger partial charge in [-0.3, -0.25) is 4.79 Å². The summed E-state index contributed by atoms with van der Waals surface area (Å²) in [6.45, 7) is 6.83. The summed E-state index contributed by atoms with van der Waals surface area (Å²) in [5.74, 6) is 0.0938. The van der Waals surface area contributed by atoms with Crippen molar-refractivity contribution in [2.45, 2.75) is 39.3 Å². The highest BCUT2D eigenvalue weighted by atomic mass is 16.4. The van der Waals surface area contributed by atoms with Gasteiger partial charge in [-0.05, 0) is 26.8 Å². The quantitative estimate of drug-likeness (QED) is 0.759. The Hall–Kier alpha value is -1.36. The Balaban J connectivity index is 2.64. The molecule has 0 bridgehead atoms. The van der Waals surface area contributed by atoms with Gasteiger partial charge in [-0.25, -0.2) is 4.98 Å². The van der Waals surface area contributed by atoms with Crippen LogP contribution in [0.3, 0.4) is 0 Å². The van der Waals surface area contributed by atoms with Gasteiger partial charge in [0.05, 0.1) is 0 Å². The molecule has 1 heterocycles. The molecule has 1 rings (SSSR count). The largest absolute Gasteiger partial charge is 0.480 e. The van der Waals surface area contributed by atoms with Gasteiger partial charge in [-0.15, -0.1) is 0 Å². The van der Waals surface area contributed by atoms with Crippen LogP contribution in [0.15, 0.2) is 12.4 Å². The molecule has 16 heavy (non-hydrogen) atoms. The number of carboxylic acids is 1. The smallest absolute Gasteiger partial charge is 0.323 e. The molecule has 0 fully saturated rings. The van der Waals surface area contributed by atoms with Gasteiger partial charge >= 0.3 is 5.97 Å². The van der Waals surface area contributed by atoms with Crippen molar-refractivity contribution < 1.29 is 9.90 Å². The van der Waals surface area contributed by atoms with E-state index >= 15 is 0 Å². The van der Waals surface area contributed by atoms with Gasteiger partial charge in [0.2, 0.25) is 0 Å². The zero-order valence-corrected chi connectivity index (χ0v) is 10.0. The molecule has 5 nitrogen and oxygen atoms in total. The number of rotatable bonds is 6. The van der Waals surface area contributed by atoms with E-state index in [-0.39, 0.29) is 0 Å². The lowest BCUT2D eigenvalue weighted by molar-refractivity contribution is -0.144. The SMILES string of the molecule is CCNC(C)(CCn1ccnc1C)C(=O)O. The molecule has 0 aliphatic rings. The van der Waals surface area contributed by atoms with Gasteiger partial charge < -0.3 is 15.0 Å².